The van der Waals surface area contributed by atoms with Gasteiger partial charge in [-0.1, -0.05) is 20.3 Å². The van der Waals surface area contributed by atoms with Crippen LogP contribution in [0.1, 0.15) is 77.2 Å². The van der Waals surface area contributed by atoms with Gasteiger partial charge in [-0.3, -0.25) is 4.79 Å². The molecule has 4 rings (SSSR count). The summed E-state index contributed by atoms with van der Waals surface area (Å²) in [6, 6.07) is 5.56. The molecular formula is C25H33N3O4. The summed E-state index contributed by atoms with van der Waals surface area (Å²) >= 11 is 0. The number of amides is 1. The predicted octanol–water partition coefficient (Wildman–Crippen LogP) is 3.78. The van der Waals surface area contributed by atoms with Gasteiger partial charge in [0.2, 0.25) is 0 Å². The lowest BCUT2D eigenvalue weighted by Crippen LogP contribution is -2.40. The fourth-order valence-electron chi connectivity index (χ4n) is 4.72. The smallest absolute Gasteiger partial charge is 0.338 e. The van der Waals surface area contributed by atoms with Crippen LogP contribution in [0.3, 0.4) is 0 Å². The number of carbonyl (C=O) groups excluding carboxylic acids is 2. The number of hydrogen-bond acceptors (Lipinski definition) is 5. The van der Waals surface area contributed by atoms with Crippen LogP contribution in [-0.4, -0.2) is 48.0 Å². The second-order valence-corrected chi connectivity index (χ2v) is 9.00. The quantitative estimate of drug-likeness (QED) is 0.547. The Kier molecular flexibility index (Phi) is 6.65. The van der Waals surface area contributed by atoms with E-state index in [1.807, 2.05) is 30.7 Å². The number of carbonyl (C=O) groups is 2. The van der Waals surface area contributed by atoms with E-state index in [1.54, 1.807) is 6.07 Å². The third-order valence-corrected chi connectivity index (χ3v) is 6.73. The molecule has 0 saturated carbocycles. The van der Waals surface area contributed by atoms with Crippen molar-refractivity contribution in [2.75, 3.05) is 26.4 Å². The van der Waals surface area contributed by atoms with Crippen LogP contribution in [-0.2, 0) is 22.3 Å². The zero-order valence-electron chi connectivity index (χ0n) is 19.3. The number of aryl methyl sites for hydroxylation is 2. The largest absolute Gasteiger partial charge is 0.462 e. The summed E-state index contributed by atoms with van der Waals surface area (Å²) in [4.78, 5) is 25.4. The summed E-state index contributed by atoms with van der Waals surface area (Å²) in [7, 11) is 0. The van der Waals surface area contributed by atoms with Gasteiger partial charge in [-0.2, -0.15) is 5.10 Å². The molecule has 0 bridgehead atoms. The maximum Gasteiger partial charge on any atom is 0.338 e. The van der Waals surface area contributed by atoms with Gasteiger partial charge in [-0.05, 0) is 68.2 Å². The Balaban J connectivity index is 1.72. The molecule has 0 unspecified atom stereocenters. The maximum absolute atomic E-state index is 13.1. The molecule has 1 N–H and O–H groups in total. The average Bonchev–Trinajstić information content (AvgIpc) is 3.09. The molecule has 1 fully saturated rings. The van der Waals surface area contributed by atoms with Gasteiger partial charge in [0, 0.05) is 19.8 Å². The number of benzene rings is 1. The zero-order chi connectivity index (χ0) is 22.7. The number of esters is 1. The van der Waals surface area contributed by atoms with Crippen LogP contribution < -0.4 is 5.32 Å². The Morgan fingerprint density at radius 3 is 2.75 bits per heavy atom. The molecule has 32 heavy (non-hydrogen) atoms. The molecule has 1 aromatic heterocycles. The lowest BCUT2D eigenvalue weighted by Gasteiger charge is -2.36. The van der Waals surface area contributed by atoms with E-state index in [4.69, 9.17) is 14.6 Å². The van der Waals surface area contributed by atoms with Crippen LogP contribution in [0.25, 0.3) is 5.69 Å². The highest BCUT2D eigenvalue weighted by Gasteiger charge is 2.40. The highest BCUT2D eigenvalue weighted by atomic mass is 16.5. The van der Waals surface area contributed by atoms with Crippen LogP contribution in [0.15, 0.2) is 18.2 Å². The third-order valence-electron chi connectivity index (χ3n) is 6.73. The van der Waals surface area contributed by atoms with E-state index in [-0.39, 0.29) is 17.3 Å². The molecule has 2 aromatic rings. The first-order valence-electron chi connectivity index (χ1n) is 11.7. The minimum Gasteiger partial charge on any atom is -0.462 e. The Bertz CT molecular complexity index is 1000. The fourth-order valence-corrected chi connectivity index (χ4v) is 4.72. The van der Waals surface area contributed by atoms with Crippen molar-refractivity contribution in [3.63, 3.8) is 0 Å². The number of unbranched alkanes of at least 4 members (excludes halogenated alkanes) is 1. The number of fused-ring (bicyclic) bond motifs is 1. The molecule has 3 heterocycles. The molecule has 1 spiro atoms. The van der Waals surface area contributed by atoms with Gasteiger partial charge in [-0.15, -0.1) is 0 Å². The van der Waals surface area contributed by atoms with E-state index >= 15 is 0 Å². The number of ether oxygens (including phenoxy) is 2. The van der Waals surface area contributed by atoms with Crippen molar-refractivity contribution < 1.29 is 19.1 Å². The summed E-state index contributed by atoms with van der Waals surface area (Å²) < 4.78 is 12.9. The van der Waals surface area contributed by atoms with Crippen molar-refractivity contribution in [3.05, 3.63) is 46.3 Å². The topological polar surface area (TPSA) is 82.5 Å². The van der Waals surface area contributed by atoms with E-state index in [2.05, 4.69) is 12.2 Å². The van der Waals surface area contributed by atoms with Crippen molar-refractivity contribution in [3.8, 4) is 5.69 Å². The molecule has 7 heteroatoms. The number of rotatable bonds is 6. The van der Waals surface area contributed by atoms with Crippen LogP contribution in [0.5, 0.6) is 0 Å². The molecule has 7 nitrogen and oxygen atoms in total. The molecule has 172 valence electrons. The Labute approximate surface area is 189 Å². The number of hydrogen-bond donors (Lipinski definition) is 1. The van der Waals surface area contributed by atoms with E-state index in [0.29, 0.717) is 43.9 Å². The van der Waals surface area contributed by atoms with E-state index < -0.39 is 0 Å². The second kappa shape index (κ2) is 9.45. The average molecular weight is 440 g/mol. The SMILES string of the molecule is CCCCOC(=O)c1ccc(-n2nc(CC)c3c2CC2(CCOCC2)CNC3=O)c(C)c1. The third kappa shape index (κ3) is 4.31. The van der Waals surface area contributed by atoms with Crippen LogP contribution in [0, 0.1) is 12.3 Å². The lowest BCUT2D eigenvalue weighted by atomic mass is 9.76. The standard InChI is InChI=1S/C25H33N3O4/c1-4-6-11-32-24(30)18-7-8-20(17(3)14-18)28-21-15-25(9-12-31-13-10-25)16-26-23(29)22(21)19(5-2)27-28/h7-8,14H,4-6,9-13,15-16H2,1-3H3,(H,26,29). The number of nitrogens with one attached hydrogen (secondary N) is 1. The van der Waals surface area contributed by atoms with Crippen molar-refractivity contribution >= 4 is 11.9 Å². The van der Waals surface area contributed by atoms with Gasteiger partial charge >= 0.3 is 5.97 Å². The van der Waals surface area contributed by atoms with Crippen molar-refractivity contribution in [1.29, 1.82) is 0 Å². The normalized spacial score (nSPS) is 17.5. The first-order chi connectivity index (χ1) is 15.5. The van der Waals surface area contributed by atoms with E-state index in [1.165, 1.54) is 0 Å². The monoisotopic (exact) mass is 439 g/mol. The van der Waals surface area contributed by atoms with Gasteiger partial charge in [0.15, 0.2) is 0 Å². The molecule has 1 aromatic carbocycles. The van der Waals surface area contributed by atoms with Crippen LogP contribution in [0.2, 0.25) is 0 Å². The molecule has 2 aliphatic rings. The Hall–Kier alpha value is -2.67. The molecule has 0 radical (unpaired) electrons. The Morgan fingerprint density at radius 2 is 2.06 bits per heavy atom. The van der Waals surface area contributed by atoms with Gasteiger partial charge in [-0.25, -0.2) is 9.48 Å². The molecular weight excluding hydrogens is 406 g/mol. The minimum atomic E-state index is -0.304. The van der Waals surface area contributed by atoms with E-state index in [0.717, 1.165) is 54.7 Å². The fraction of sp³-hybridized carbons (Fsp3) is 0.560. The highest BCUT2D eigenvalue weighted by molar-refractivity contribution is 5.97. The van der Waals surface area contributed by atoms with E-state index in [9.17, 15) is 9.59 Å². The van der Waals surface area contributed by atoms with Crippen LogP contribution >= 0.6 is 0 Å². The van der Waals surface area contributed by atoms with Gasteiger partial charge in [0.05, 0.1) is 34.8 Å². The first-order valence-corrected chi connectivity index (χ1v) is 11.7. The summed E-state index contributed by atoms with van der Waals surface area (Å²) in [5.41, 5.74) is 4.81. The lowest BCUT2D eigenvalue weighted by molar-refractivity contribution is 0.0155. The van der Waals surface area contributed by atoms with Crippen molar-refractivity contribution in [1.82, 2.24) is 15.1 Å². The van der Waals surface area contributed by atoms with Gasteiger partial charge < -0.3 is 14.8 Å². The van der Waals surface area contributed by atoms with Gasteiger partial charge in [0.25, 0.3) is 5.91 Å². The molecule has 0 atom stereocenters. The van der Waals surface area contributed by atoms with Crippen LogP contribution in [0.4, 0.5) is 0 Å². The molecule has 2 aliphatic heterocycles. The number of aromatic nitrogens is 2. The highest BCUT2D eigenvalue weighted by Crippen LogP contribution is 2.38. The van der Waals surface area contributed by atoms with Crippen molar-refractivity contribution in [2.45, 2.75) is 59.3 Å². The second-order valence-electron chi connectivity index (χ2n) is 9.00. The maximum atomic E-state index is 13.1. The first kappa shape index (κ1) is 22.5. The predicted molar refractivity (Wildman–Crippen MR) is 121 cm³/mol. The summed E-state index contributed by atoms with van der Waals surface area (Å²) in [6.45, 7) is 8.59. The zero-order valence-corrected chi connectivity index (χ0v) is 19.3. The molecule has 0 aliphatic carbocycles. The number of nitrogens with zero attached hydrogens (tertiary/aromatic N) is 2. The Morgan fingerprint density at radius 1 is 1.28 bits per heavy atom. The summed E-state index contributed by atoms with van der Waals surface area (Å²) in [6.07, 6.45) is 5.13. The van der Waals surface area contributed by atoms with Crippen molar-refractivity contribution in [2.24, 2.45) is 5.41 Å². The summed E-state index contributed by atoms with van der Waals surface area (Å²) in [5, 5.41) is 8.01. The van der Waals surface area contributed by atoms with Gasteiger partial charge in [0.1, 0.15) is 0 Å². The summed E-state index contributed by atoms with van der Waals surface area (Å²) in [5.74, 6) is -0.345. The minimum absolute atomic E-state index is 0.0150. The molecule has 1 saturated heterocycles. The molecule has 1 amide bonds.